The molecule has 2 aliphatic rings. The fraction of sp³-hybridized carbons (Fsp3) is 0.419. The van der Waals surface area contributed by atoms with Crippen LogP contribution in [0.15, 0.2) is 72.8 Å². The Hall–Kier alpha value is -2.69. The van der Waals surface area contributed by atoms with Crippen molar-refractivity contribution in [2.45, 2.75) is 51.7 Å². The predicted molar refractivity (Wildman–Crippen MR) is 140 cm³/mol. The van der Waals surface area contributed by atoms with E-state index in [1.807, 2.05) is 12.1 Å². The van der Waals surface area contributed by atoms with E-state index in [2.05, 4.69) is 58.3 Å². The van der Waals surface area contributed by atoms with Crippen LogP contribution in [0.4, 0.5) is 4.39 Å². The first-order chi connectivity index (χ1) is 17.2. The zero-order valence-corrected chi connectivity index (χ0v) is 20.7. The minimum atomic E-state index is -0.172. The molecule has 0 saturated carbocycles. The Balaban J connectivity index is 1.08. The first-order valence-corrected chi connectivity index (χ1v) is 13.2. The summed E-state index contributed by atoms with van der Waals surface area (Å²) >= 11 is 0. The van der Waals surface area contributed by atoms with Crippen LogP contribution in [0, 0.1) is 11.7 Å². The molecule has 4 heteroatoms. The van der Waals surface area contributed by atoms with Crippen LogP contribution in [-0.4, -0.2) is 36.0 Å². The van der Waals surface area contributed by atoms with Crippen LogP contribution in [0.5, 0.6) is 5.75 Å². The molecule has 2 heterocycles. The van der Waals surface area contributed by atoms with Crippen LogP contribution in [0.25, 0.3) is 0 Å². The van der Waals surface area contributed by atoms with Crippen molar-refractivity contribution in [1.82, 2.24) is 9.80 Å². The van der Waals surface area contributed by atoms with Crippen LogP contribution in [0.2, 0.25) is 0 Å². The standard InChI is InChI=1S/C31H37FN2O/c32-30-11-8-27(9-12-30)23-34-17-4-7-28-10-13-31(21-29(28)24-34)35-20-16-25-14-18-33(19-15-25)22-26-5-2-1-3-6-26/h1-3,5-6,8-13,21,25H,4,7,14-20,22-24H2. The minimum absolute atomic E-state index is 0.172. The number of halogens is 1. The highest BCUT2D eigenvalue weighted by Crippen LogP contribution is 2.26. The van der Waals surface area contributed by atoms with Gasteiger partial charge in [-0.15, -0.1) is 0 Å². The van der Waals surface area contributed by atoms with Gasteiger partial charge >= 0.3 is 0 Å². The summed E-state index contributed by atoms with van der Waals surface area (Å²) in [5.74, 6) is 1.58. The van der Waals surface area contributed by atoms with E-state index in [0.29, 0.717) is 0 Å². The van der Waals surface area contributed by atoms with Crippen molar-refractivity contribution in [3.05, 3.63) is 101 Å². The third-order valence-corrected chi connectivity index (χ3v) is 7.56. The number of benzene rings is 3. The first-order valence-electron chi connectivity index (χ1n) is 13.2. The zero-order chi connectivity index (χ0) is 23.9. The largest absolute Gasteiger partial charge is 0.494 e. The molecule has 2 aliphatic heterocycles. The van der Waals surface area contributed by atoms with Gasteiger partial charge < -0.3 is 4.74 Å². The molecular weight excluding hydrogens is 435 g/mol. The van der Waals surface area contributed by atoms with Gasteiger partial charge in [-0.1, -0.05) is 48.5 Å². The van der Waals surface area contributed by atoms with E-state index in [1.54, 1.807) is 12.1 Å². The van der Waals surface area contributed by atoms with Crippen LogP contribution in [-0.2, 0) is 26.1 Å². The lowest BCUT2D eigenvalue weighted by Gasteiger charge is -2.32. The highest BCUT2D eigenvalue weighted by molar-refractivity contribution is 5.36. The minimum Gasteiger partial charge on any atom is -0.494 e. The number of fused-ring (bicyclic) bond motifs is 1. The highest BCUT2D eigenvalue weighted by atomic mass is 19.1. The first kappa shape index (κ1) is 24.0. The molecular formula is C31H37FN2O. The lowest BCUT2D eigenvalue weighted by Crippen LogP contribution is -2.33. The molecule has 35 heavy (non-hydrogen) atoms. The van der Waals surface area contributed by atoms with Gasteiger partial charge in [0.2, 0.25) is 0 Å². The molecule has 5 rings (SSSR count). The summed E-state index contributed by atoms with van der Waals surface area (Å²) in [5.41, 5.74) is 5.38. The van der Waals surface area contributed by atoms with E-state index in [-0.39, 0.29) is 5.82 Å². The summed E-state index contributed by atoms with van der Waals surface area (Å²) in [7, 11) is 0. The molecule has 0 bridgehead atoms. The molecule has 184 valence electrons. The number of aryl methyl sites for hydroxylation is 1. The molecule has 0 radical (unpaired) electrons. The van der Waals surface area contributed by atoms with Crippen LogP contribution >= 0.6 is 0 Å². The number of likely N-dealkylation sites (tertiary alicyclic amines) is 1. The van der Waals surface area contributed by atoms with Crippen molar-refractivity contribution in [1.29, 1.82) is 0 Å². The summed E-state index contributed by atoms with van der Waals surface area (Å²) in [6, 6.07) is 24.4. The van der Waals surface area contributed by atoms with Gasteiger partial charge in [-0.25, -0.2) is 4.39 Å². The van der Waals surface area contributed by atoms with Gasteiger partial charge in [-0.2, -0.15) is 0 Å². The molecule has 0 aliphatic carbocycles. The van der Waals surface area contributed by atoms with E-state index in [9.17, 15) is 4.39 Å². The van der Waals surface area contributed by atoms with Gasteiger partial charge in [0.15, 0.2) is 0 Å². The molecule has 0 spiro atoms. The van der Waals surface area contributed by atoms with Gasteiger partial charge in [0, 0.05) is 19.6 Å². The maximum Gasteiger partial charge on any atom is 0.123 e. The third-order valence-electron chi connectivity index (χ3n) is 7.56. The zero-order valence-electron chi connectivity index (χ0n) is 20.7. The fourth-order valence-electron chi connectivity index (χ4n) is 5.50. The molecule has 0 aromatic heterocycles. The number of nitrogens with zero attached hydrogens (tertiary/aromatic N) is 2. The van der Waals surface area contributed by atoms with Crippen LogP contribution in [0.1, 0.15) is 47.9 Å². The number of piperidine rings is 1. The van der Waals surface area contributed by atoms with Crippen LogP contribution in [0.3, 0.4) is 0 Å². The van der Waals surface area contributed by atoms with Crippen molar-refractivity contribution in [3.8, 4) is 5.75 Å². The summed E-state index contributed by atoms with van der Waals surface area (Å²) < 4.78 is 19.5. The molecule has 1 fully saturated rings. The SMILES string of the molecule is Fc1ccc(CN2CCCc3ccc(OCCC4CCN(Cc5ccccc5)CC4)cc3C2)cc1. The molecule has 1 saturated heterocycles. The van der Waals surface area contributed by atoms with Crippen molar-refractivity contribution < 1.29 is 9.13 Å². The van der Waals surface area contributed by atoms with Gasteiger partial charge in [-0.3, -0.25) is 9.80 Å². The van der Waals surface area contributed by atoms with Crippen molar-refractivity contribution >= 4 is 0 Å². The molecule has 3 aromatic carbocycles. The Kier molecular flexibility index (Phi) is 8.12. The second kappa shape index (κ2) is 11.8. The lowest BCUT2D eigenvalue weighted by molar-refractivity contribution is 0.157. The molecule has 0 atom stereocenters. The number of ether oxygens (including phenoxy) is 1. The van der Waals surface area contributed by atoms with E-state index in [0.717, 1.165) is 69.3 Å². The van der Waals surface area contributed by atoms with Crippen molar-refractivity contribution in [2.24, 2.45) is 5.92 Å². The van der Waals surface area contributed by atoms with Crippen LogP contribution < -0.4 is 4.74 Å². The van der Waals surface area contributed by atoms with E-state index in [1.165, 1.54) is 42.6 Å². The Bertz CT molecular complexity index is 1060. The normalized spacial score (nSPS) is 17.6. The van der Waals surface area contributed by atoms with Gasteiger partial charge in [0.1, 0.15) is 11.6 Å². The summed E-state index contributed by atoms with van der Waals surface area (Å²) in [6.07, 6.45) is 5.92. The molecule has 0 amide bonds. The average Bonchev–Trinajstić information content (AvgIpc) is 3.08. The smallest absolute Gasteiger partial charge is 0.123 e. The van der Waals surface area contributed by atoms with Gasteiger partial charge in [-0.05, 0) is 104 Å². The Morgan fingerprint density at radius 2 is 1.51 bits per heavy atom. The molecule has 0 N–H and O–H groups in total. The van der Waals surface area contributed by atoms with Crippen molar-refractivity contribution in [2.75, 3.05) is 26.2 Å². The maximum absolute atomic E-state index is 13.3. The fourth-order valence-corrected chi connectivity index (χ4v) is 5.50. The molecule has 3 nitrogen and oxygen atoms in total. The summed E-state index contributed by atoms with van der Waals surface area (Å²) in [4.78, 5) is 5.04. The lowest BCUT2D eigenvalue weighted by atomic mass is 9.93. The Morgan fingerprint density at radius 1 is 0.771 bits per heavy atom. The molecule has 3 aromatic rings. The third kappa shape index (κ3) is 6.93. The monoisotopic (exact) mass is 472 g/mol. The average molecular weight is 473 g/mol. The summed E-state index contributed by atoms with van der Waals surface area (Å²) in [5, 5.41) is 0. The highest BCUT2D eigenvalue weighted by Gasteiger charge is 2.20. The van der Waals surface area contributed by atoms with E-state index in [4.69, 9.17) is 4.74 Å². The van der Waals surface area contributed by atoms with Crippen molar-refractivity contribution in [3.63, 3.8) is 0 Å². The number of hydrogen-bond donors (Lipinski definition) is 0. The maximum atomic E-state index is 13.3. The second-order valence-electron chi connectivity index (χ2n) is 10.2. The molecule has 0 unspecified atom stereocenters. The Morgan fingerprint density at radius 3 is 2.31 bits per heavy atom. The van der Waals surface area contributed by atoms with E-state index >= 15 is 0 Å². The quantitative estimate of drug-likeness (QED) is 0.374. The number of rotatable bonds is 8. The topological polar surface area (TPSA) is 15.7 Å². The summed E-state index contributed by atoms with van der Waals surface area (Å²) in [6.45, 7) is 7.06. The predicted octanol–water partition coefficient (Wildman–Crippen LogP) is 6.46. The second-order valence-corrected chi connectivity index (χ2v) is 10.2. The Labute approximate surface area is 209 Å². The van der Waals surface area contributed by atoms with E-state index < -0.39 is 0 Å². The number of hydrogen-bond acceptors (Lipinski definition) is 3. The van der Waals surface area contributed by atoms with Gasteiger partial charge in [0.05, 0.1) is 6.61 Å². The van der Waals surface area contributed by atoms with Gasteiger partial charge in [0.25, 0.3) is 0 Å².